The summed E-state index contributed by atoms with van der Waals surface area (Å²) in [7, 11) is 0. The van der Waals surface area contributed by atoms with Gasteiger partial charge < -0.3 is 10.6 Å². The Morgan fingerprint density at radius 1 is 1.33 bits per heavy atom. The maximum Gasteiger partial charge on any atom is 0.264 e. The molecule has 0 saturated carbocycles. The van der Waals surface area contributed by atoms with Gasteiger partial charge in [-0.15, -0.1) is 0 Å². The molecule has 0 unspecified atom stereocenters. The van der Waals surface area contributed by atoms with Gasteiger partial charge in [-0.3, -0.25) is 4.79 Å². The van der Waals surface area contributed by atoms with E-state index in [0.717, 1.165) is 13.0 Å². The molecule has 1 aliphatic rings. The average molecular weight is 210 g/mol. The summed E-state index contributed by atoms with van der Waals surface area (Å²) < 4.78 is 0. The van der Waals surface area contributed by atoms with E-state index in [1.165, 1.54) is 6.42 Å². The van der Waals surface area contributed by atoms with Crippen molar-refractivity contribution in [3.05, 3.63) is 12.3 Å². The molecule has 1 saturated heterocycles. The molecule has 3 nitrogen and oxygen atoms in total. The van der Waals surface area contributed by atoms with Crippen LogP contribution in [0.1, 0.15) is 40.5 Å². The minimum atomic E-state index is -0.416. The van der Waals surface area contributed by atoms with Gasteiger partial charge in [0.2, 0.25) is 0 Å². The molecule has 3 heteroatoms. The van der Waals surface area contributed by atoms with Crippen LogP contribution >= 0.6 is 0 Å². The second-order valence-corrected chi connectivity index (χ2v) is 5.51. The second-order valence-electron chi connectivity index (χ2n) is 5.51. The Morgan fingerprint density at radius 2 is 1.87 bits per heavy atom. The number of hydrogen-bond donors (Lipinski definition) is 1. The van der Waals surface area contributed by atoms with Crippen LogP contribution in [0.25, 0.3) is 0 Å². The van der Waals surface area contributed by atoms with E-state index in [9.17, 15) is 4.79 Å². The number of likely N-dealkylation sites (tertiary alicyclic amines) is 1. The van der Waals surface area contributed by atoms with Crippen LogP contribution in [0.2, 0.25) is 0 Å². The highest BCUT2D eigenvalue weighted by molar-refractivity contribution is 5.90. The van der Waals surface area contributed by atoms with Gasteiger partial charge >= 0.3 is 0 Å². The number of primary amides is 1. The van der Waals surface area contributed by atoms with Gasteiger partial charge in [-0.25, -0.2) is 0 Å². The highest BCUT2D eigenvalue weighted by atomic mass is 16.1. The van der Waals surface area contributed by atoms with E-state index >= 15 is 0 Å². The lowest BCUT2D eigenvalue weighted by Gasteiger charge is -2.54. The van der Waals surface area contributed by atoms with Crippen molar-refractivity contribution in [1.29, 1.82) is 0 Å². The first kappa shape index (κ1) is 12.1. The van der Waals surface area contributed by atoms with Crippen molar-refractivity contribution >= 4 is 5.91 Å². The fourth-order valence-corrected chi connectivity index (χ4v) is 2.24. The lowest BCUT2D eigenvalue weighted by atomic mass is 9.67. The SMILES string of the molecule is C=C(C(N)=O)N1CCCC(C)(C)C1(C)C. The molecule has 0 spiro atoms. The average Bonchev–Trinajstić information content (AvgIpc) is 2.08. The highest BCUT2D eigenvalue weighted by Gasteiger charge is 2.45. The fourth-order valence-electron chi connectivity index (χ4n) is 2.24. The molecule has 86 valence electrons. The van der Waals surface area contributed by atoms with E-state index in [4.69, 9.17) is 5.73 Å². The van der Waals surface area contributed by atoms with Gasteiger partial charge in [-0.05, 0) is 32.1 Å². The molecule has 1 rings (SSSR count). The molecule has 1 fully saturated rings. The largest absolute Gasteiger partial charge is 0.364 e. The Bertz CT molecular complexity index is 292. The quantitative estimate of drug-likeness (QED) is 0.707. The Balaban J connectivity index is 3.00. The highest BCUT2D eigenvalue weighted by Crippen LogP contribution is 2.44. The standard InChI is InChI=1S/C12H22N2O/c1-9(10(13)15)14-8-6-7-11(2,3)12(14,4)5/h1,6-8H2,2-5H3,(H2,13,15). The monoisotopic (exact) mass is 210 g/mol. The number of piperidine rings is 1. The molecule has 0 aromatic rings. The first-order chi connectivity index (χ1) is 6.70. The number of carbonyl (C=O) groups is 1. The minimum absolute atomic E-state index is 0.0721. The third kappa shape index (κ3) is 1.87. The lowest BCUT2D eigenvalue weighted by Crippen LogP contribution is -2.58. The number of nitrogens with two attached hydrogens (primary N) is 1. The number of amides is 1. The molecular weight excluding hydrogens is 188 g/mol. The third-order valence-electron chi connectivity index (χ3n) is 4.12. The van der Waals surface area contributed by atoms with E-state index in [1.807, 2.05) is 0 Å². The number of nitrogens with zero attached hydrogens (tertiary/aromatic N) is 1. The van der Waals surface area contributed by atoms with Gasteiger partial charge in [-0.1, -0.05) is 20.4 Å². The summed E-state index contributed by atoms with van der Waals surface area (Å²) >= 11 is 0. The van der Waals surface area contributed by atoms with Gasteiger partial charge in [0.1, 0.15) is 0 Å². The summed E-state index contributed by atoms with van der Waals surface area (Å²) in [6, 6.07) is 0. The topological polar surface area (TPSA) is 46.3 Å². The van der Waals surface area contributed by atoms with Crippen LogP contribution in [-0.4, -0.2) is 22.9 Å². The summed E-state index contributed by atoms with van der Waals surface area (Å²) in [5, 5.41) is 0. The second kappa shape index (κ2) is 3.54. The van der Waals surface area contributed by atoms with Crippen LogP contribution in [-0.2, 0) is 4.79 Å². The predicted molar refractivity (Wildman–Crippen MR) is 62.1 cm³/mol. The molecule has 2 N–H and O–H groups in total. The van der Waals surface area contributed by atoms with Crippen molar-refractivity contribution in [3.8, 4) is 0 Å². The van der Waals surface area contributed by atoms with Crippen molar-refractivity contribution in [1.82, 2.24) is 4.90 Å². The molecule has 0 atom stereocenters. The zero-order chi connectivity index (χ0) is 11.9. The molecule has 1 aliphatic heterocycles. The van der Waals surface area contributed by atoms with E-state index < -0.39 is 5.91 Å². The van der Waals surface area contributed by atoms with E-state index in [0.29, 0.717) is 5.70 Å². The summed E-state index contributed by atoms with van der Waals surface area (Å²) in [4.78, 5) is 13.2. The zero-order valence-corrected chi connectivity index (χ0v) is 10.3. The molecular formula is C12H22N2O. The molecule has 0 aromatic heterocycles. The van der Waals surface area contributed by atoms with Crippen LogP contribution in [0.5, 0.6) is 0 Å². The van der Waals surface area contributed by atoms with Gasteiger partial charge in [0.05, 0.1) is 5.70 Å². The maximum absolute atomic E-state index is 11.2. The Labute approximate surface area is 92.3 Å². The number of hydrogen-bond acceptors (Lipinski definition) is 2. The van der Waals surface area contributed by atoms with Crippen LogP contribution in [0.15, 0.2) is 12.3 Å². The first-order valence-corrected chi connectivity index (χ1v) is 5.46. The maximum atomic E-state index is 11.2. The number of carbonyl (C=O) groups excluding carboxylic acids is 1. The van der Waals surface area contributed by atoms with Crippen LogP contribution in [0, 0.1) is 5.41 Å². The van der Waals surface area contributed by atoms with Gasteiger partial charge in [0.25, 0.3) is 5.91 Å². The van der Waals surface area contributed by atoms with Crippen molar-refractivity contribution in [2.75, 3.05) is 6.54 Å². The Hall–Kier alpha value is -0.990. The smallest absolute Gasteiger partial charge is 0.264 e. The van der Waals surface area contributed by atoms with Crippen molar-refractivity contribution in [3.63, 3.8) is 0 Å². The zero-order valence-electron chi connectivity index (χ0n) is 10.3. The van der Waals surface area contributed by atoms with Crippen molar-refractivity contribution < 1.29 is 4.79 Å². The van der Waals surface area contributed by atoms with Crippen LogP contribution in [0.4, 0.5) is 0 Å². The normalized spacial score (nSPS) is 23.6. The predicted octanol–water partition coefficient (Wildman–Crippen LogP) is 1.89. The van der Waals surface area contributed by atoms with Crippen LogP contribution < -0.4 is 5.73 Å². The number of rotatable bonds is 2. The summed E-state index contributed by atoms with van der Waals surface area (Å²) in [5.74, 6) is -0.416. The lowest BCUT2D eigenvalue weighted by molar-refractivity contribution is -0.118. The van der Waals surface area contributed by atoms with E-state index in [1.54, 1.807) is 0 Å². The summed E-state index contributed by atoms with van der Waals surface area (Å²) in [6.07, 6.45) is 2.26. The van der Waals surface area contributed by atoms with Gasteiger partial charge in [-0.2, -0.15) is 0 Å². The molecule has 0 aromatic carbocycles. The molecule has 0 radical (unpaired) electrons. The van der Waals surface area contributed by atoms with E-state index in [-0.39, 0.29) is 11.0 Å². The fraction of sp³-hybridized carbons (Fsp3) is 0.750. The Morgan fingerprint density at radius 3 is 2.33 bits per heavy atom. The minimum Gasteiger partial charge on any atom is -0.364 e. The third-order valence-corrected chi connectivity index (χ3v) is 4.12. The molecule has 15 heavy (non-hydrogen) atoms. The molecule has 0 aliphatic carbocycles. The van der Waals surface area contributed by atoms with Gasteiger partial charge in [0, 0.05) is 12.1 Å². The van der Waals surface area contributed by atoms with E-state index in [2.05, 4.69) is 39.2 Å². The summed E-state index contributed by atoms with van der Waals surface area (Å²) in [6.45, 7) is 13.4. The van der Waals surface area contributed by atoms with Crippen molar-refractivity contribution in [2.45, 2.75) is 46.1 Å². The van der Waals surface area contributed by atoms with Crippen molar-refractivity contribution in [2.24, 2.45) is 11.1 Å². The molecule has 1 amide bonds. The van der Waals surface area contributed by atoms with Crippen LogP contribution in [0.3, 0.4) is 0 Å². The Kier molecular flexibility index (Phi) is 2.85. The molecule has 1 heterocycles. The van der Waals surface area contributed by atoms with Gasteiger partial charge in [0.15, 0.2) is 0 Å². The summed E-state index contributed by atoms with van der Waals surface area (Å²) in [5.41, 5.74) is 5.83. The molecule has 0 bridgehead atoms. The first-order valence-electron chi connectivity index (χ1n) is 5.46.